The number of carbonyl (C=O) groups excluding carboxylic acids is 1. The third-order valence-corrected chi connectivity index (χ3v) is 4.90. The lowest BCUT2D eigenvalue weighted by atomic mass is 10.0. The molecule has 23 heavy (non-hydrogen) atoms. The van der Waals surface area contributed by atoms with Gasteiger partial charge in [-0.1, -0.05) is 12.8 Å². The number of anilines is 1. The van der Waals surface area contributed by atoms with E-state index in [2.05, 4.69) is 10.3 Å². The van der Waals surface area contributed by atoms with E-state index in [1.165, 1.54) is 37.4 Å². The zero-order valence-electron chi connectivity index (χ0n) is 13.0. The fourth-order valence-corrected chi connectivity index (χ4v) is 3.67. The fraction of sp³-hybridized carbons (Fsp3) is 0.412. The first-order valence-corrected chi connectivity index (χ1v) is 8.63. The molecule has 3 rings (SSSR count). The van der Waals surface area contributed by atoms with Gasteiger partial charge in [0.1, 0.15) is 0 Å². The van der Waals surface area contributed by atoms with E-state index in [1.807, 2.05) is 5.38 Å². The summed E-state index contributed by atoms with van der Waals surface area (Å²) in [6.07, 6.45) is 5.29. The van der Waals surface area contributed by atoms with Crippen LogP contribution in [0.2, 0.25) is 0 Å². The predicted octanol–water partition coefficient (Wildman–Crippen LogP) is 4.48. The topological polar surface area (TPSA) is 51.2 Å². The Labute approximate surface area is 138 Å². The maximum absolute atomic E-state index is 13.8. The molecule has 1 amide bonds. The van der Waals surface area contributed by atoms with Gasteiger partial charge >= 0.3 is 0 Å². The molecule has 2 aromatic rings. The molecule has 4 nitrogen and oxygen atoms in total. The minimum absolute atomic E-state index is 0.0127. The van der Waals surface area contributed by atoms with Gasteiger partial charge in [0.15, 0.2) is 16.7 Å². The van der Waals surface area contributed by atoms with Gasteiger partial charge in [0.2, 0.25) is 5.91 Å². The number of hydrogen-bond donors (Lipinski definition) is 1. The molecule has 1 aromatic heterocycles. The third kappa shape index (κ3) is 3.88. The number of hydrogen-bond acceptors (Lipinski definition) is 4. The van der Waals surface area contributed by atoms with Crippen molar-refractivity contribution in [2.45, 2.75) is 32.1 Å². The number of rotatable bonds is 5. The first kappa shape index (κ1) is 15.9. The van der Waals surface area contributed by atoms with Crippen molar-refractivity contribution in [2.75, 3.05) is 12.4 Å². The van der Waals surface area contributed by atoms with Crippen molar-refractivity contribution in [3.8, 4) is 17.0 Å². The van der Waals surface area contributed by atoms with Crippen LogP contribution in [0.15, 0.2) is 23.6 Å². The van der Waals surface area contributed by atoms with Crippen LogP contribution in [-0.4, -0.2) is 18.0 Å². The second-order valence-corrected chi connectivity index (χ2v) is 6.65. The first-order chi connectivity index (χ1) is 11.2. The third-order valence-electron chi connectivity index (χ3n) is 4.15. The molecule has 1 aromatic carbocycles. The second kappa shape index (κ2) is 7.08. The predicted molar refractivity (Wildman–Crippen MR) is 89.3 cm³/mol. The lowest BCUT2D eigenvalue weighted by Crippen LogP contribution is -2.14. The van der Waals surface area contributed by atoms with Crippen LogP contribution >= 0.6 is 11.3 Å². The van der Waals surface area contributed by atoms with E-state index in [-0.39, 0.29) is 11.7 Å². The Balaban J connectivity index is 1.65. The molecule has 1 aliphatic carbocycles. The molecule has 1 aliphatic rings. The summed E-state index contributed by atoms with van der Waals surface area (Å²) < 4.78 is 18.7. The zero-order valence-corrected chi connectivity index (χ0v) is 13.8. The van der Waals surface area contributed by atoms with E-state index in [0.717, 1.165) is 12.8 Å². The minimum atomic E-state index is -0.426. The summed E-state index contributed by atoms with van der Waals surface area (Å²) >= 11 is 1.35. The fourth-order valence-electron chi connectivity index (χ4n) is 2.94. The van der Waals surface area contributed by atoms with Gasteiger partial charge in [0.05, 0.1) is 12.8 Å². The van der Waals surface area contributed by atoms with Crippen LogP contribution in [0.3, 0.4) is 0 Å². The van der Waals surface area contributed by atoms with E-state index in [0.29, 0.717) is 28.7 Å². The number of nitrogens with zero attached hydrogens (tertiary/aromatic N) is 1. The van der Waals surface area contributed by atoms with E-state index in [9.17, 15) is 9.18 Å². The molecule has 0 aliphatic heterocycles. The number of halogens is 1. The summed E-state index contributed by atoms with van der Waals surface area (Å²) in [7, 11) is 1.43. The van der Waals surface area contributed by atoms with Gasteiger partial charge in [-0.15, -0.1) is 11.3 Å². The molecular weight excluding hydrogens is 315 g/mol. The van der Waals surface area contributed by atoms with Crippen molar-refractivity contribution >= 4 is 22.4 Å². The number of benzene rings is 1. The van der Waals surface area contributed by atoms with Crippen LogP contribution in [0.4, 0.5) is 9.52 Å². The number of ether oxygens (including phenoxy) is 1. The van der Waals surface area contributed by atoms with Crippen molar-refractivity contribution in [2.24, 2.45) is 5.92 Å². The maximum atomic E-state index is 13.8. The van der Waals surface area contributed by atoms with Crippen molar-refractivity contribution in [1.82, 2.24) is 4.98 Å². The number of methoxy groups -OCH3 is 1. The lowest BCUT2D eigenvalue weighted by molar-refractivity contribution is -0.117. The SMILES string of the molecule is COc1ccc(-c2csc(NC(=O)CC3CCCC3)n2)cc1F. The van der Waals surface area contributed by atoms with Crippen LogP contribution < -0.4 is 10.1 Å². The standard InChI is InChI=1S/C17H19FN2O2S/c1-22-15-7-6-12(9-13(15)18)14-10-23-17(19-14)20-16(21)8-11-4-2-3-5-11/h6-7,9-11H,2-5,8H2,1H3,(H,19,20,21). The summed E-state index contributed by atoms with van der Waals surface area (Å²) in [4.78, 5) is 16.4. The number of aromatic nitrogens is 1. The average molecular weight is 334 g/mol. The van der Waals surface area contributed by atoms with Crippen LogP contribution in [0.5, 0.6) is 5.75 Å². The van der Waals surface area contributed by atoms with Crippen LogP contribution in [0.25, 0.3) is 11.3 Å². The molecule has 0 bridgehead atoms. The Morgan fingerprint density at radius 3 is 2.91 bits per heavy atom. The Morgan fingerprint density at radius 2 is 2.22 bits per heavy atom. The van der Waals surface area contributed by atoms with Crippen molar-refractivity contribution in [3.05, 3.63) is 29.4 Å². The van der Waals surface area contributed by atoms with E-state index in [1.54, 1.807) is 12.1 Å². The Morgan fingerprint density at radius 1 is 1.43 bits per heavy atom. The molecule has 0 unspecified atom stereocenters. The average Bonchev–Trinajstić information content (AvgIpc) is 3.19. The molecule has 1 fully saturated rings. The normalized spacial score (nSPS) is 14.9. The monoisotopic (exact) mass is 334 g/mol. The number of nitrogens with one attached hydrogen (secondary N) is 1. The molecule has 1 saturated carbocycles. The number of thiazole rings is 1. The van der Waals surface area contributed by atoms with Gasteiger partial charge in [0.25, 0.3) is 0 Å². The van der Waals surface area contributed by atoms with Gasteiger partial charge < -0.3 is 10.1 Å². The minimum Gasteiger partial charge on any atom is -0.494 e. The van der Waals surface area contributed by atoms with Gasteiger partial charge in [-0.3, -0.25) is 4.79 Å². The molecule has 0 spiro atoms. The first-order valence-electron chi connectivity index (χ1n) is 7.75. The van der Waals surface area contributed by atoms with Crippen LogP contribution in [0.1, 0.15) is 32.1 Å². The molecule has 122 valence electrons. The maximum Gasteiger partial charge on any atom is 0.226 e. The van der Waals surface area contributed by atoms with Crippen LogP contribution in [-0.2, 0) is 4.79 Å². The molecule has 0 saturated heterocycles. The van der Waals surface area contributed by atoms with Gasteiger partial charge in [-0.25, -0.2) is 9.37 Å². The lowest BCUT2D eigenvalue weighted by Gasteiger charge is -2.07. The highest BCUT2D eigenvalue weighted by Gasteiger charge is 2.19. The summed E-state index contributed by atoms with van der Waals surface area (Å²) in [6.45, 7) is 0. The smallest absolute Gasteiger partial charge is 0.226 e. The zero-order chi connectivity index (χ0) is 16.2. The van der Waals surface area contributed by atoms with Crippen molar-refractivity contribution in [1.29, 1.82) is 0 Å². The van der Waals surface area contributed by atoms with Crippen molar-refractivity contribution in [3.63, 3.8) is 0 Å². The van der Waals surface area contributed by atoms with E-state index < -0.39 is 5.82 Å². The Hall–Kier alpha value is -1.95. The highest BCUT2D eigenvalue weighted by atomic mass is 32.1. The van der Waals surface area contributed by atoms with Gasteiger partial charge in [-0.2, -0.15) is 0 Å². The largest absolute Gasteiger partial charge is 0.494 e. The second-order valence-electron chi connectivity index (χ2n) is 5.79. The Bertz CT molecular complexity index is 696. The highest BCUT2D eigenvalue weighted by Crippen LogP contribution is 2.30. The summed E-state index contributed by atoms with van der Waals surface area (Å²) in [6, 6.07) is 4.71. The van der Waals surface area contributed by atoms with Gasteiger partial charge in [-0.05, 0) is 37.0 Å². The number of amides is 1. The highest BCUT2D eigenvalue weighted by molar-refractivity contribution is 7.14. The summed E-state index contributed by atoms with van der Waals surface area (Å²) in [5, 5.41) is 5.21. The van der Waals surface area contributed by atoms with E-state index >= 15 is 0 Å². The van der Waals surface area contributed by atoms with Gasteiger partial charge in [0, 0.05) is 17.4 Å². The number of carbonyl (C=O) groups is 1. The molecular formula is C17H19FN2O2S. The van der Waals surface area contributed by atoms with Crippen LogP contribution in [0, 0.1) is 11.7 Å². The molecule has 1 N–H and O–H groups in total. The molecule has 0 radical (unpaired) electrons. The molecule has 0 atom stereocenters. The molecule has 6 heteroatoms. The van der Waals surface area contributed by atoms with E-state index in [4.69, 9.17) is 4.74 Å². The summed E-state index contributed by atoms with van der Waals surface area (Å²) in [5.41, 5.74) is 1.31. The Kier molecular flexibility index (Phi) is 4.91. The molecule has 1 heterocycles. The quantitative estimate of drug-likeness (QED) is 0.877. The van der Waals surface area contributed by atoms with Crippen molar-refractivity contribution < 1.29 is 13.9 Å². The summed E-state index contributed by atoms with van der Waals surface area (Å²) in [5.74, 6) is 0.294.